The van der Waals surface area contributed by atoms with E-state index in [1.54, 1.807) is 7.11 Å². The topological polar surface area (TPSA) is 51.0 Å². The van der Waals surface area contributed by atoms with E-state index >= 15 is 0 Å². The number of hydrogen-bond acceptors (Lipinski definition) is 2. The third-order valence-electron chi connectivity index (χ3n) is 2.42. The predicted molar refractivity (Wildman–Crippen MR) is 62.6 cm³/mol. The van der Waals surface area contributed by atoms with Gasteiger partial charge in [0, 0.05) is 17.5 Å². The summed E-state index contributed by atoms with van der Waals surface area (Å²) in [5.41, 5.74) is 7.42. The van der Waals surface area contributed by atoms with E-state index < -0.39 is 0 Å². The van der Waals surface area contributed by atoms with Gasteiger partial charge in [-0.2, -0.15) is 0 Å². The van der Waals surface area contributed by atoms with Crippen molar-refractivity contribution in [3.63, 3.8) is 0 Å². The third kappa shape index (κ3) is 1.68. The van der Waals surface area contributed by atoms with E-state index in [1.807, 2.05) is 18.2 Å². The zero-order valence-corrected chi connectivity index (χ0v) is 9.27. The highest BCUT2D eigenvalue weighted by Gasteiger charge is 2.11. The molecule has 0 saturated carbocycles. The summed E-state index contributed by atoms with van der Waals surface area (Å²) in [6, 6.07) is 5.80. The maximum atomic E-state index is 6.22. The SMILES string of the molecule is COc1cccc2c(Cl)c(CCN)[nH]c12. The molecule has 2 aromatic rings. The lowest BCUT2D eigenvalue weighted by Gasteiger charge is -1.99. The molecule has 1 heterocycles. The van der Waals surface area contributed by atoms with E-state index in [9.17, 15) is 0 Å². The summed E-state index contributed by atoms with van der Waals surface area (Å²) in [6.45, 7) is 0.578. The monoisotopic (exact) mass is 224 g/mol. The maximum absolute atomic E-state index is 6.22. The number of H-pyrrole nitrogens is 1. The Morgan fingerprint density at radius 1 is 1.47 bits per heavy atom. The van der Waals surface area contributed by atoms with Gasteiger partial charge in [-0.1, -0.05) is 23.7 Å². The van der Waals surface area contributed by atoms with Gasteiger partial charge in [-0.15, -0.1) is 0 Å². The lowest BCUT2D eigenvalue weighted by Crippen LogP contribution is -2.03. The average molecular weight is 225 g/mol. The molecule has 0 fully saturated rings. The zero-order chi connectivity index (χ0) is 10.8. The van der Waals surface area contributed by atoms with Gasteiger partial charge in [-0.3, -0.25) is 0 Å². The Balaban J connectivity index is 2.64. The third-order valence-corrected chi connectivity index (χ3v) is 2.85. The van der Waals surface area contributed by atoms with Crippen LogP contribution in [0.5, 0.6) is 5.75 Å². The minimum Gasteiger partial charge on any atom is -0.495 e. The van der Waals surface area contributed by atoms with Crippen molar-refractivity contribution in [3.05, 3.63) is 28.9 Å². The van der Waals surface area contributed by atoms with E-state index in [-0.39, 0.29) is 0 Å². The van der Waals surface area contributed by atoms with Gasteiger partial charge in [-0.25, -0.2) is 0 Å². The standard InChI is InChI=1S/C11H13ClN2O/c1-15-9-4-2-3-7-10(12)8(5-6-13)14-11(7)9/h2-4,14H,5-6,13H2,1H3. The second-order valence-corrected chi connectivity index (χ2v) is 3.72. The van der Waals surface area contributed by atoms with Gasteiger partial charge in [0.25, 0.3) is 0 Å². The highest BCUT2D eigenvalue weighted by molar-refractivity contribution is 6.36. The number of para-hydroxylation sites is 1. The lowest BCUT2D eigenvalue weighted by molar-refractivity contribution is 0.419. The van der Waals surface area contributed by atoms with Crippen molar-refractivity contribution < 1.29 is 4.74 Å². The van der Waals surface area contributed by atoms with Gasteiger partial charge in [0.05, 0.1) is 17.6 Å². The summed E-state index contributed by atoms with van der Waals surface area (Å²) in [5, 5.41) is 1.73. The zero-order valence-electron chi connectivity index (χ0n) is 8.51. The molecule has 0 saturated heterocycles. The molecule has 4 heteroatoms. The molecule has 0 radical (unpaired) electrons. The van der Waals surface area contributed by atoms with E-state index in [1.165, 1.54) is 0 Å². The molecule has 0 atom stereocenters. The predicted octanol–water partition coefficient (Wildman–Crippen LogP) is 2.33. The number of fused-ring (bicyclic) bond motifs is 1. The average Bonchev–Trinajstić information content (AvgIpc) is 2.57. The molecule has 0 bridgehead atoms. The molecule has 80 valence electrons. The maximum Gasteiger partial charge on any atom is 0.142 e. The molecule has 1 aromatic heterocycles. The van der Waals surface area contributed by atoms with Crippen LogP contribution in [0.3, 0.4) is 0 Å². The molecule has 0 amide bonds. The summed E-state index contributed by atoms with van der Waals surface area (Å²) in [6.07, 6.45) is 0.747. The Kier molecular flexibility index (Phi) is 2.84. The quantitative estimate of drug-likeness (QED) is 0.841. The summed E-state index contributed by atoms with van der Waals surface area (Å²) >= 11 is 6.22. The first kappa shape index (κ1) is 10.3. The van der Waals surface area contributed by atoms with Crippen molar-refractivity contribution in [2.45, 2.75) is 6.42 Å². The number of ether oxygens (including phenoxy) is 1. The highest BCUT2D eigenvalue weighted by Crippen LogP contribution is 2.32. The van der Waals surface area contributed by atoms with Crippen LogP contribution in [-0.2, 0) is 6.42 Å². The molecule has 0 aliphatic rings. The highest BCUT2D eigenvalue weighted by atomic mass is 35.5. The molecule has 2 rings (SSSR count). The van der Waals surface area contributed by atoms with Crippen LogP contribution in [0.1, 0.15) is 5.69 Å². The van der Waals surface area contributed by atoms with Crippen molar-refractivity contribution in [2.24, 2.45) is 5.73 Å². The number of rotatable bonds is 3. The van der Waals surface area contributed by atoms with Crippen molar-refractivity contribution in [1.29, 1.82) is 0 Å². The van der Waals surface area contributed by atoms with Crippen molar-refractivity contribution in [3.8, 4) is 5.75 Å². The molecule has 3 nitrogen and oxygen atoms in total. The summed E-state index contributed by atoms with van der Waals surface area (Å²) in [4.78, 5) is 3.25. The minimum absolute atomic E-state index is 0.578. The fourth-order valence-electron chi connectivity index (χ4n) is 1.70. The number of halogens is 1. The van der Waals surface area contributed by atoms with Crippen LogP contribution in [0.4, 0.5) is 0 Å². The Morgan fingerprint density at radius 2 is 2.27 bits per heavy atom. The van der Waals surface area contributed by atoms with Crippen LogP contribution in [0.15, 0.2) is 18.2 Å². The molecule has 1 aromatic carbocycles. The summed E-state index contributed by atoms with van der Waals surface area (Å²) < 4.78 is 5.25. The van der Waals surface area contributed by atoms with Crippen molar-refractivity contribution in [2.75, 3.05) is 13.7 Å². The van der Waals surface area contributed by atoms with Gasteiger partial charge in [0.2, 0.25) is 0 Å². The molecule has 0 aliphatic heterocycles. The Bertz CT molecular complexity index is 479. The number of hydrogen-bond donors (Lipinski definition) is 2. The number of methoxy groups -OCH3 is 1. The normalized spacial score (nSPS) is 10.9. The number of benzene rings is 1. The fraction of sp³-hybridized carbons (Fsp3) is 0.273. The van der Waals surface area contributed by atoms with Crippen LogP contribution in [0.2, 0.25) is 5.02 Å². The van der Waals surface area contributed by atoms with E-state index in [2.05, 4.69) is 4.98 Å². The number of aromatic nitrogens is 1. The number of nitrogens with two attached hydrogens (primary N) is 1. The lowest BCUT2D eigenvalue weighted by atomic mass is 10.2. The van der Waals surface area contributed by atoms with Gasteiger partial charge >= 0.3 is 0 Å². The molecule has 0 unspecified atom stereocenters. The number of nitrogens with one attached hydrogen (secondary N) is 1. The van der Waals surface area contributed by atoms with Crippen LogP contribution in [0, 0.1) is 0 Å². The molecule has 0 spiro atoms. The van der Waals surface area contributed by atoms with Crippen LogP contribution in [0.25, 0.3) is 10.9 Å². The second-order valence-electron chi connectivity index (χ2n) is 3.34. The van der Waals surface area contributed by atoms with Crippen LogP contribution < -0.4 is 10.5 Å². The van der Waals surface area contributed by atoms with Gasteiger partial charge in [-0.05, 0) is 12.6 Å². The Morgan fingerprint density at radius 3 is 2.93 bits per heavy atom. The molecule has 15 heavy (non-hydrogen) atoms. The van der Waals surface area contributed by atoms with E-state index in [4.69, 9.17) is 22.1 Å². The second kappa shape index (κ2) is 4.13. The fourth-order valence-corrected chi connectivity index (χ4v) is 2.00. The first-order valence-corrected chi connectivity index (χ1v) is 5.19. The smallest absolute Gasteiger partial charge is 0.142 e. The summed E-state index contributed by atoms with van der Waals surface area (Å²) in [7, 11) is 1.64. The Labute approximate surface area is 93.2 Å². The van der Waals surface area contributed by atoms with Crippen molar-refractivity contribution in [1.82, 2.24) is 4.98 Å². The first-order chi connectivity index (χ1) is 7.27. The number of aromatic amines is 1. The first-order valence-electron chi connectivity index (χ1n) is 4.81. The van der Waals surface area contributed by atoms with Gasteiger partial charge < -0.3 is 15.5 Å². The minimum atomic E-state index is 0.578. The molecular weight excluding hydrogens is 212 g/mol. The molecular formula is C11H13ClN2O. The van der Waals surface area contributed by atoms with Crippen LogP contribution >= 0.6 is 11.6 Å². The van der Waals surface area contributed by atoms with Gasteiger partial charge in [0.1, 0.15) is 5.75 Å². The largest absolute Gasteiger partial charge is 0.495 e. The molecule has 0 aliphatic carbocycles. The van der Waals surface area contributed by atoms with Crippen molar-refractivity contribution >= 4 is 22.5 Å². The molecule has 3 N–H and O–H groups in total. The summed E-state index contributed by atoms with van der Waals surface area (Å²) in [5.74, 6) is 0.803. The Hall–Kier alpha value is -1.19. The van der Waals surface area contributed by atoms with E-state index in [0.29, 0.717) is 6.54 Å². The van der Waals surface area contributed by atoms with Crippen LogP contribution in [-0.4, -0.2) is 18.6 Å². The van der Waals surface area contributed by atoms with Gasteiger partial charge in [0.15, 0.2) is 0 Å². The van der Waals surface area contributed by atoms with E-state index in [0.717, 1.165) is 33.8 Å².